The molecule has 3 aliphatic carbocycles. The molecule has 0 heterocycles. The Morgan fingerprint density at radius 1 is 1.05 bits per heavy atom. The van der Waals surface area contributed by atoms with Gasteiger partial charge in [0.1, 0.15) is 0 Å². The fourth-order valence-corrected chi connectivity index (χ4v) is 4.66. The molecule has 2 nitrogen and oxygen atoms in total. The monoisotopic (exact) mass is 272 g/mol. The van der Waals surface area contributed by atoms with E-state index in [-0.39, 0.29) is 5.78 Å². The van der Waals surface area contributed by atoms with Gasteiger partial charge in [-0.25, -0.2) is 0 Å². The molecule has 0 saturated heterocycles. The van der Waals surface area contributed by atoms with Crippen LogP contribution in [0.25, 0.3) is 0 Å². The summed E-state index contributed by atoms with van der Waals surface area (Å²) in [6, 6.07) is 0. The Morgan fingerprint density at radius 3 is 2.55 bits per heavy atom. The molecule has 0 aliphatic heterocycles. The largest absolute Gasteiger partial charge is 0.295 e. The van der Waals surface area contributed by atoms with Gasteiger partial charge in [-0.2, -0.15) is 0 Å². The highest BCUT2D eigenvalue weighted by Gasteiger charge is 2.40. The Bertz CT molecular complexity index is 472. The quantitative estimate of drug-likeness (QED) is 0.765. The number of hydrogen-bond donors (Lipinski definition) is 0. The van der Waals surface area contributed by atoms with Crippen LogP contribution in [0.5, 0.6) is 0 Å². The van der Waals surface area contributed by atoms with Gasteiger partial charge >= 0.3 is 0 Å². The Hall–Kier alpha value is -1.18. The molecule has 0 aromatic rings. The van der Waals surface area contributed by atoms with Crippen molar-refractivity contribution in [2.45, 2.75) is 51.9 Å². The van der Waals surface area contributed by atoms with E-state index in [0.29, 0.717) is 29.5 Å². The number of allylic oxidation sites excluding steroid dienone is 4. The Kier molecular flexibility index (Phi) is 3.91. The summed E-state index contributed by atoms with van der Waals surface area (Å²) in [5.74, 6) is 3.23. The van der Waals surface area contributed by atoms with E-state index in [2.05, 4.69) is 13.0 Å². The van der Waals surface area contributed by atoms with Crippen LogP contribution in [0.15, 0.2) is 23.8 Å². The molecule has 0 bridgehead atoms. The first-order valence-corrected chi connectivity index (χ1v) is 8.13. The summed E-state index contributed by atoms with van der Waals surface area (Å²) in [5, 5.41) is 0. The molecule has 0 N–H and O–H groups in total. The smallest absolute Gasteiger partial charge is 0.155 e. The molecule has 0 aromatic carbocycles. The lowest BCUT2D eigenvalue weighted by atomic mass is 9.60. The topological polar surface area (TPSA) is 34.1 Å². The molecule has 0 radical (unpaired) electrons. The summed E-state index contributed by atoms with van der Waals surface area (Å²) in [6.07, 6.45) is 12.9. The Morgan fingerprint density at radius 2 is 1.85 bits per heavy atom. The molecule has 1 fully saturated rings. The normalized spacial score (nSPS) is 37.5. The van der Waals surface area contributed by atoms with Gasteiger partial charge in [-0.15, -0.1) is 0 Å². The molecular formula is C18H24O2. The van der Waals surface area contributed by atoms with Crippen LogP contribution in [0.3, 0.4) is 0 Å². The molecule has 3 aliphatic rings. The van der Waals surface area contributed by atoms with Crippen molar-refractivity contribution in [3.05, 3.63) is 23.8 Å². The Balaban J connectivity index is 1.80. The van der Waals surface area contributed by atoms with E-state index < -0.39 is 0 Å². The summed E-state index contributed by atoms with van der Waals surface area (Å²) in [6.45, 7) is 2.29. The number of ketones is 2. The average Bonchev–Trinajstić information content (AvgIpc) is 2.46. The van der Waals surface area contributed by atoms with E-state index >= 15 is 0 Å². The van der Waals surface area contributed by atoms with Gasteiger partial charge in [0, 0.05) is 12.8 Å². The lowest BCUT2D eigenvalue weighted by Crippen LogP contribution is -2.36. The highest BCUT2D eigenvalue weighted by molar-refractivity contribution is 5.91. The average molecular weight is 272 g/mol. The van der Waals surface area contributed by atoms with Crippen LogP contribution in [-0.2, 0) is 9.59 Å². The molecule has 108 valence electrons. The number of carbonyl (C=O) groups excluding carboxylic acids is 2. The summed E-state index contributed by atoms with van der Waals surface area (Å²) in [4.78, 5) is 23.0. The predicted octanol–water partition coefficient (Wildman–Crippen LogP) is 3.86. The fourth-order valence-electron chi connectivity index (χ4n) is 4.66. The summed E-state index contributed by atoms with van der Waals surface area (Å²) in [5.41, 5.74) is 1.42. The summed E-state index contributed by atoms with van der Waals surface area (Å²) < 4.78 is 0. The first-order chi connectivity index (χ1) is 9.69. The third-order valence-electron chi connectivity index (χ3n) is 5.63. The predicted molar refractivity (Wildman–Crippen MR) is 79.2 cm³/mol. The zero-order valence-corrected chi connectivity index (χ0v) is 12.3. The van der Waals surface area contributed by atoms with Crippen LogP contribution in [0.1, 0.15) is 51.9 Å². The summed E-state index contributed by atoms with van der Waals surface area (Å²) >= 11 is 0. The second-order valence-corrected chi connectivity index (χ2v) is 6.63. The van der Waals surface area contributed by atoms with E-state index in [1.807, 2.05) is 6.08 Å². The zero-order valence-electron chi connectivity index (χ0n) is 12.3. The first-order valence-electron chi connectivity index (χ1n) is 8.13. The van der Waals surface area contributed by atoms with Crippen molar-refractivity contribution in [3.8, 4) is 0 Å². The zero-order chi connectivity index (χ0) is 14.1. The van der Waals surface area contributed by atoms with Crippen LogP contribution in [0, 0.1) is 23.7 Å². The van der Waals surface area contributed by atoms with E-state index in [1.165, 1.54) is 18.4 Å². The van der Waals surface area contributed by atoms with Gasteiger partial charge in [0.25, 0.3) is 0 Å². The Labute approximate surface area is 121 Å². The molecule has 0 amide bonds. The van der Waals surface area contributed by atoms with Crippen molar-refractivity contribution in [2.75, 3.05) is 0 Å². The third-order valence-corrected chi connectivity index (χ3v) is 5.63. The number of carbonyl (C=O) groups is 2. The molecule has 0 unspecified atom stereocenters. The molecule has 4 atom stereocenters. The second kappa shape index (κ2) is 5.67. The molecule has 2 heteroatoms. The van der Waals surface area contributed by atoms with Gasteiger partial charge in [0.2, 0.25) is 0 Å². The minimum Gasteiger partial charge on any atom is -0.295 e. The van der Waals surface area contributed by atoms with Crippen molar-refractivity contribution < 1.29 is 9.59 Å². The van der Waals surface area contributed by atoms with Crippen LogP contribution < -0.4 is 0 Å². The maximum absolute atomic E-state index is 11.6. The highest BCUT2D eigenvalue weighted by atomic mass is 16.1. The van der Waals surface area contributed by atoms with Crippen LogP contribution >= 0.6 is 0 Å². The minimum absolute atomic E-state index is 0.286. The molecule has 0 aromatic heterocycles. The van der Waals surface area contributed by atoms with Crippen LogP contribution in [-0.4, -0.2) is 11.6 Å². The van der Waals surface area contributed by atoms with Gasteiger partial charge in [0.15, 0.2) is 11.6 Å². The van der Waals surface area contributed by atoms with Gasteiger partial charge in [-0.3, -0.25) is 9.59 Å². The standard InChI is InChI=1S/C18H24O2/c1-2-16-17(12-3-6-14(19)7-4-12)9-5-13-11-15(20)8-10-18(13)16/h3,6,11-12,16-18H,2,4-5,7-10H2,1H3/t12-,16+,17+,18-/m1/s1. The van der Waals surface area contributed by atoms with Crippen LogP contribution in [0.2, 0.25) is 0 Å². The first kappa shape index (κ1) is 13.8. The van der Waals surface area contributed by atoms with Gasteiger partial charge in [-0.05, 0) is 61.5 Å². The number of rotatable bonds is 2. The van der Waals surface area contributed by atoms with Crippen molar-refractivity contribution in [1.29, 1.82) is 0 Å². The van der Waals surface area contributed by atoms with Crippen molar-refractivity contribution >= 4 is 11.6 Å². The maximum Gasteiger partial charge on any atom is 0.155 e. The van der Waals surface area contributed by atoms with E-state index in [4.69, 9.17) is 0 Å². The SMILES string of the molecule is CC[C@H]1[C@H]([C@@H]2C=CC(=O)CC2)CCC2=CC(=O)CC[C@H]21. The minimum atomic E-state index is 0.286. The molecule has 20 heavy (non-hydrogen) atoms. The number of hydrogen-bond acceptors (Lipinski definition) is 2. The van der Waals surface area contributed by atoms with Crippen molar-refractivity contribution in [2.24, 2.45) is 23.7 Å². The maximum atomic E-state index is 11.6. The van der Waals surface area contributed by atoms with Crippen molar-refractivity contribution in [3.63, 3.8) is 0 Å². The molecule has 1 saturated carbocycles. The van der Waals surface area contributed by atoms with E-state index in [9.17, 15) is 9.59 Å². The highest BCUT2D eigenvalue weighted by Crippen LogP contribution is 2.48. The molecule has 3 rings (SSSR count). The summed E-state index contributed by atoms with van der Waals surface area (Å²) in [7, 11) is 0. The van der Waals surface area contributed by atoms with Gasteiger partial charge in [0.05, 0.1) is 0 Å². The third kappa shape index (κ3) is 2.53. The second-order valence-electron chi connectivity index (χ2n) is 6.63. The van der Waals surface area contributed by atoms with Gasteiger partial charge < -0.3 is 0 Å². The van der Waals surface area contributed by atoms with E-state index in [0.717, 1.165) is 32.1 Å². The lowest BCUT2D eigenvalue weighted by molar-refractivity contribution is -0.116. The van der Waals surface area contributed by atoms with E-state index in [1.54, 1.807) is 6.08 Å². The molecule has 0 spiro atoms. The van der Waals surface area contributed by atoms with Gasteiger partial charge in [-0.1, -0.05) is 25.0 Å². The molecular weight excluding hydrogens is 248 g/mol. The fraction of sp³-hybridized carbons (Fsp3) is 0.667. The number of fused-ring (bicyclic) bond motifs is 1. The van der Waals surface area contributed by atoms with Crippen LogP contribution in [0.4, 0.5) is 0 Å². The van der Waals surface area contributed by atoms with Crippen molar-refractivity contribution in [1.82, 2.24) is 0 Å². The lowest BCUT2D eigenvalue weighted by Gasteiger charge is -2.44.